The van der Waals surface area contributed by atoms with Crippen LogP contribution in [-0.4, -0.2) is 23.7 Å². The Balaban J connectivity index is 2.03. The SMILES string of the molecule is CC1(CNc2ccc([N+](=O)[O-])cc2Br)CCCO1. The highest BCUT2D eigenvalue weighted by Crippen LogP contribution is 2.30. The molecule has 1 fully saturated rings. The van der Waals surface area contributed by atoms with Crippen LogP contribution in [0.4, 0.5) is 11.4 Å². The highest BCUT2D eigenvalue weighted by molar-refractivity contribution is 9.10. The second-order valence-electron chi connectivity index (χ2n) is 4.68. The first-order valence-electron chi connectivity index (χ1n) is 5.82. The van der Waals surface area contributed by atoms with Crippen molar-refractivity contribution in [2.75, 3.05) is 18.5 Å². The van der Waals surface area contributed by atoms with Crippen molar-refractivity contribution in [2.45, 2.75) is 25.4 Å². The lowest BCUT2D eigenvalue weighted by Gasteiger charge is -2.24. The van der Waals surface area contributed by atoms with Gasteiger partial charge in [0.05, 0.1) is 10.5 Å². The molecule has 0 spiro atoms. The number of anilines is 1. The molecule has 0 aromatic heterocycles. The number of nitro benzene ring substituents is 1. The van der Waals surface area contributed by atoms with Gasteiger partial charge in [-0.05, 0) is 41.8 Å². The quantitative estimate of drug-likeness (QED) is 0.684. The first-order valence-corrected chi connectivity index (χ1v) is 6.61. The van der Waals surface area contributed by atoms with Gasteiger partial charge in [0.25, 0.3) is 5.69 Å². The molecule has 1 unspecified atom stereocenters. The van der Waals surface area contributed by atoms with Crippen LogP contribution in [0.1, 0.15) is 19.8 Å². The van der Waals surface area contributed by atoms with Gasteiger partial charge in [-0.3, -0.25) is 10.1 Å². The lowest BCUT2D eigenvalue weighted by molar-refractivity contribution is -0.384. The predicted octanol–water partition coefficient (Wildman–Crippen LogP) is 3.34. The van der Waals surface area contributed by atoms with Gasteiger partial charge in [-0.1, -0.05) is 0 Å². The van der Waals surface area contributed by atoms with Gasteiger partial charge in [0.15, 0.2) is 0 Å². The van der Waals surface area contributed by atoms with Crippen LogP contribution in [0.3, 0.4) is 0 Å². The monoisotopic (exact) mass is 314 g/mol. The van der Waals surface area contributed by atoms with Crippen LogP contribution >= 0.6 is 15.9 Å². The van der Waals surface area contributed by atoms with E-state index in [-0.39, 0.29) is 11.3 Å². The summed E-state index contributed by atoms with van der Waals surface area (Å²) in [6.45, 7) is 3.58. The number of rotatable bonds is 4. The van der Waals surface area contributed by atoms with E-state index in [4.69, 9.17) is 4.74 Å². The molecule has 1 N–H and O–H groups in total. The zero-order chi connectivity index (χ0) is 13.2. The number of nitro groups is 1. The Morgan fingerprint density at radius 3 is 2.94 bits per heavy atom. The molecule has 98 valence electrons. The summed E-state index contributed by atoms with van der Waals surface area (Å²) in [6, 6.07) is 4.70. The normalized spacial score (nSPS) is 23.0. The summed E-state index contributed by atoms with van der Waals surface area (Å²) >= 11 is 3.33. The van der Waals surface area contributed by atoms with E-state index in [1.165, 1.54) is 12.1 Å². The first kappa shape index (κ1) is 13.3. The summed E-state index contributed by atoms with van der Waals surface area (Å²) in [5.74, 6) is 0. The number of nitrogens with one attached hydrogen (secondary N) is 1. The van der Waals surface area contributed by atoms with Crippen LogP contribution in [0.25, 0.3) is 0 Å². The summed E-state index contributed by atoms with van der Waals surface area (Å²) in [5.41, 5.74) is 0.786. The number of benzene rings is 1. The number of nitrogens with zero attached hydrogens (tertiary/aromatic N) is 1. The van der Waals surface area contributed by atoms with Gasteiger partial charge < -0.3 is 10.1 Å². The number of hydrogen-bond acceptors (Lipinski definition) is 4. The van der Waals surface area contributed by atoms with Crippen molar-refractivity contribution in [3.8, 4) is 0 Å². The van der Waals surface area contributed by atoms with Crippen molar-refractivity contribution in [3.05, 3.63) is 32.8 Å². The number of ether oxygens (including phenoxy) is 1. The second-order valence-corrected chi connectivity index (χ2v) is 5.53. The van der Waals surface area contributed by atoms with Crippen molar-refractivity contribution >= 4 is 27.3 Å². The first-order chi connectivity index (χ1) is 8.50. The van der Waals surface area contributed by atoms with Gasteiger partial charge in [-0.2, -0.15) is 0 Å². The van der Waals surface area contributed by atoms with Gasteiger partial charge in [0.1, 0.15) is 0 Å². The van der Waals surface area contributed by atoms with Gasteiger partial charge >= 0.3 is 0 Å². The van der Waals surface area contributed by atoms with Crippen molar-refractivity contribution in [3.63, 3.8) is 0 Å². The van der Waals surface area contributed by atoms with E-state index in [0.717, 1.165) is 25.1 Å². The lowest BCUT2D eigenvalue weighted by atomic mass is 10.0. The molecule has 18 heavy (non-hydrogen) atoms. The molecule has 1 aromatic carbocycles. The molecule has 1 atom stereocenters. The maximum absolute atomic E-state index is 10.6. The Hall–Kier alpha value is -1.14. The summed E-state index contributed by atoms with van der Waals surface area (Å²) in [6.07, 6.45) is 2.12. The van der Waals surface area contributed by atoms with E-state index in [9.17, 15) is 10.1 Å². The molecular weight excluding hydrogens is 300 g/mol. The molecule has 1 aliphatic heterocycles. The molecule has 0 aliphatic carbocycles. The summed E-state index contributed by atoms with van der Waals surface area (Å²) in [4.78, 5) is 10.2. The van der Waals surface area contributed by atoms with E-state index >= 15 is 0 Å². The van der Waals surface area contributed by atoms with Gasteiger partial charge in [0.2, 0.25) is 0 Å². The zero-order valence-corrected chi connectivity index (χ0v) is 11.7. The minimum absolute atomic E-state index is 0.0794. The molecule has 1 aromatic rings. The fourth-order valence-electron chi connectivity index (χ4n) is 2.02. The Kier molecular flexibility index (Phi) is 3.87. The topological polar surface area (TPSA) is 64.4 Å². The molecule has 5 nitrogen and oxygen atoms in total. The number of non-ortho nitro benzene ring substituents is 1. The standard InChI is InChI=1S/C12H15BrN2O3/c1-12(5-2-6-18-12)8-14-11-4-3-9(15(16)17)7-10(11)13/h3-4,7,14H,2,5-6,8H2,1H3. The third kappa shape index (κ3) is 3.00. The van der Waals surface area contributed by atoms with Crippen LogP contribution in [-0.2, 0) is 4.74 Å². The molecule has 0 bridgehead atoms. The molecule has 1 saturated heterocycles. The maximum Gasteiger partial charge on any atom is 0.270 e. The Bertz CT molecular complexity index is 459. The highest BCUT2D eigenvalue weighted by atomic mass is 79.9. The molecule has 0 radical (unpaired) electrons. The minimum atomic E-state index is -0.407. The fourth-order valence-corrected chi connectivity index (χ4v) is 2.53. The van der Waals surface area contributed by atoms with Crippen LogP contribution in [0.5, 0.6) is 0 Å². The van der Waals surface area contributed by atoms with E-state index in [0.29, 0.717) is 11.0 Å². The van der Waals surface area contributed by atoms with Crippen LogP contribution in [0.2, 0.25) is 0 Å². The van der Waals surface area contributed by atoms with Gasteiger partial charge in [-0.15, -0.1) is 0 Å². The zero-order valence-electron chi connectivity index (χ0n) is 10.1. The number of halogens is 1. The Morgan fingerprint density at radius 2 is 2.39 bits per heavy atom. The van der Waals surface area contributed by atoms with E-state index < -0.39 is 4.92 Å². The third-order valence-corrected chi connectivity index (χ3v) is 3.77. The average molecular weight is 315 g/mol. The molecule has 1 heterocycles. The smallest absolute Gasteiger partial charge is 0.270 e. The predicted molar refractivity (Wildman–Crippen MR) is 72.9 cm³/mol. The van der Waals surface area contributed by atoms with E-state index in [1.807, 2.05) is 0 Å². The maximum atomic E-state index is 10.6. The largest absolute Gasteiger partial charge is 0.381 e. The van der Waals surface area contributed by atoms with Gasteiger partial charge in [0, 0.05) is 35.4 Å². The Labute approximate surface area is 114 Å². The van der Waals surface area contributed by atoms with Gasteiger partial charge in [-0.25, -0.2) is 0 Å². The van der Waals surface area contributed by atoms with E-state index in [1.54, 1.807) is 6.07 Å². The molecule has 0 amide bonds. The molecule has 0 saturated carbocycles. The number of hydrogen-bond donors (Lipinski definition) is 1. The summed E-state index contributed by atoms with van der Waals surface area (Å²) in [5, 5.41) is 13.9. The Morgan fingerprint density at radius 1 is 1.61 bits per heavy atom. The van der Waals surface area contributed by atoms with Crippen molar-refractivity contribution in [1.82, 2.24) is 0 Å². The van der Waals surface area contributed by atoms with Crippen LogP contribution < -0.4 is 5.32 Å². The average Bonchev–Trinajstić information content (AvgIpc) is 2.75. The molecule has 1 aliphatic rings. The molecule has 6 heteroatoms. The highest BCUT2D eigenvalue weighted by Gasteiger charge is 2.29. The summed E-state index contributed by atoms with van der Waals surface area (Å²) in [7, 11) is 0. The van der Waals surface area contributed by atoms with Crippen molar-refractivity contribution in [1.29, 1.82) is 0 Å². The van der Waals surface area contributed by atoms with E-state index in [2.05, 4.69) is 28.2 Å². The van der Waals surface area contributed by atoms with Crippen LogP contribution in [0, 0.1) is 10.1 Å². The fraction of sp³-hybridized carbons (Fsp3) is 0.500. The third-order valence-electron chi connectivity index (χ3n) is 3.12. The second kappa shape index (κ2) is 5.24. The lowest BCUT2D eigenvalue weighted by Crippen LogP contribution is -2.32. The molecule has 2 rings (SSSR count). The van der Waals surface area contributed by atoms with Crippen LogP contribution in [0.15, 0.2) is 22.7 Å². The van der Waals surface area contributed by atoms with Crippen molar-refractivity contribution < 1.29 is 9.66 Å². The minimum Gasteiger partial charge on any atom is -0.381 e. The summed E-state index contributed by atoms with van der Waals surface area (Å²) < 4.78 is 6.37. The van der Waals surface area contributed by atoms with Crippen molar-refractivity contribution in [2.24, 2.45) is 0 Å². The molecular formula is C12H15BrN2O3.